The van der Waals surface area contributed by atoms with Gasteiger partial charge in [0.2, 0.25) is 5.89 Å². The molecule has 1 aliphatic heterocycles. The van der Waals surface area contributed by atoms with E-state index in [2.05, 4.69) is 21.5 Å². The van der Waals surface area contributed by atoms with E-state index in [9.17, 15) is 0 Å². The molecule has 1 aliphatic carbocycles. The molecule has 0 saturated carbocycles. The second-order valence-corrected chi connectivity index (χ2v) is 6.62. The molecule has 1 fully saturated rings. The van der Waals surface area contributed by atoms with Crippen molar-refractivity contribution >= 4 is 0 Å². The summed E-state index contributed by atoms with van der Waals surface area (Å²) in [4.78, 5) is 11.8. The Kier molecular flexibility index (Phi) is 3.53. The normalized spacial score (nSPS) is 22.2. The van der Waals surface area contributed by atoms with Gasteiger partial charge in [0.1, 0.15) is 11.6 Å². The monoisotopic (exact) mass is 300 g/mol. The molecule has 0 bridgehead atoms. The highest BCUT2D eigenvalue weighted by Gasteiger charge is 2.32. The van der Waals surface area contributed by atoms with Gasteiger partial charge in [0.25, 0.3) is 0 Å². The van der Waals surface area contributed by atoms with Gasteiger partial charge in [-0.25, -0.2) is 9.97 Å². The fourth-order valence-corrected chi connectivity index (χ4v) is 3.96. The van der Waals surface area contributed by atoms with Crippen LogP contribution in [-0.4, -0.2) is 26.0 Å². The topological polar surface area (TPSA) is 47.1 Å². The average Bonchev–Trinajstić information content (AvgIpc) is 3.21. The molecular formula is C17H24N4O. The summed E-state index contributed by atoms with van der Waals surface area (Å²) < 4.78 is 8.02. The zero-order chi connectivity index (χ0) is 15.1. The maximum Gasteiger partial charge on any atom is 0.208 e. The first kappa shape index (κ1) is 14.0. The Balaban J connectivity index is 1.59. The molecule has 1 saturated heterocycles. The van der Waals surface area contributed by atoms with Crippen molar-refractivity contribution < 1.29 is 4.42 Å². The van der Waals surface area contributed by atoms with Crippen molar-refractivity contribution in [2.24, 2.45) is 7.05 Å². The number of hydrogen-bond donors (Lipinski definition) is 0. The number of nitrogens with zero attached hydrogens (tertiary/aromatic N) is 4. The highest BCUT2D eigenvalue weighted by atomic mass is 16.4. The minimum absolute atomic E-state index is 0.405. The average molecular weight is 300 g/mol. The van der Waals surface area contributed by atoms with Crippen LogP contribution in [0, 0.1) is 6.92 Å². The summed E-state index contributed by atoms with van der Waals surface area (Å²) in [5, 5.41) is 0. The lowest BCUT2D eigenvalue weighted by atomic mass is 10.0. The van der Waals surface area contributed by atoms with Gasteiger partial charge in [0, 0.05) is 12.7 Å². The molecule has 2 aromatic heterocycles. The zero-order valence-electron chi connectivity index (χ0n) is 13.5. The predicted molar refractivity (Wildman–Crippen MR) is 83.5 cm³/mol. The molecule has 0 spiro atoms. The van der Waals surface area contributed by atoms with Crippen molar-refractivity contribution in [1.82, 2.24) is 19.4 Å². The summed E-state index contributed by atoms with van der Waals surface area (Å²) in [6.45, 7) is 3.84. The number of rotatable bonds is 3. The van der Waals surface area contributed by atoms with E-state index in [1.165, 1.54) is 49.3 Å². The van der Waals surface area contributed by atoms with Crippen LogP contribution >= 0.6 is 0 Å². The van der Waals surface area contributed by atoms with Crippen LogP contribution < -0.4 is 0 Å². The third-order valence-electron chi connectivity index (χ3n) is 5.08. The van der Waals surface area contributed by atoms with Gasteiger partial charge in [0.05, 0.1) is 24.5 Å². The molecule has 0 amide bonds. The highest BCUT2D eigenvalue weighted by Crippen LogP contribution is 2.34. The number of imidazole rings is 1. The summed E-state index contributed by atoms with van der Waals surface area (Å²) in [5.41, 5.74) is 2.79. The smallest absolute Gasteiger partial charge is 0.208 e. The van der Waals surface area contributed by atoms with Gasteiger partial charge in [-0.05, 0) is 52.0 Å². The molecule has 4 rings (SSSR count). The molecule has 2 aliphatic rings. The second-order valence-electron chi connectivity index (χ2n) is 6.62. The first-order chi connectivity index (χ1) is 10.7. The molecule has 3 heterocycles. The Hall–Kier alpha value is -1.62. The zero-order valence-corrected chi connectivity index (χ0v) is 13.5. The van der Waals surface area contributed by atoms with Gasteiger partial charge in [-0.2, -0.15) is 0 Å². The van der Waals surface area contributed by atoms with Crippen LogP contribution in [0.25, 0.3) is 0 Å². The predicted octanol–water partition coefficient (Wildman–Crippen LogP) is 2.93. The summed E-state index contributed by atoms with van der Waals surface area (Å²) in [6.07, 6.45) is 9.13. The van der Waals surface area contributed by atoms with Crippen molar-refractivity contribution in [3.8, 4) is 0 Å². The molecule has 118 valence electrons. The van der Waals surface area contributed by atoms with E-state index in [0.29, 0.717) is 6.04 Å². The van der Waals surface area contributed by atoms with E-state index in [1.807, 2.05) is 6.92 Å². The Labute approximate surface area is 131 Å². The van der Waals surface area contributed by atoms with E-state index in [-0.39, 0.29) is 0 Å². The van der Waals surface area contributed by atoms with E-state index < -0.39 is 0 Å². The molecule has 2 aromatic rings. The molecule has 5 nitrogen and oxygen atoms in total. The molecule has 22 heavy (non-hydrogen) atoms. The first-order valence-corrected chi connectivity index (χ1v) is 8.42. The lowest BCUT2D eigenvalue weighted by molar-refractivity contribution is 0.212. The van der Waals surface area contributed by atoms with Crippen LogP contribution in [0.15, 0.2) is 10.6 Å². The summed E-state index contributed by atoms with van der Waals surface area (Å²) >= 11 is 0. The molecule has 0 unspecified atom stereocenters. The van der Waals surface area contributed by atoms with Gasteiger partial charge in [-0.1, -0.05) is 0 Å². The van der Waals surface area contributed by atoms with Gasteiger partial charge in [0.15, 0.2) is 0 Å². The van der Waals surface area contributed by atoms with Crippen LogP contribution in [0.5, 0.6) is 0 Å². The lowest BCUT2D eigenvalue weighted by Crippen LogP contribution is -2.25. The Morgan fingerprint density at radius 1 is 1.27 bits per heavy atom. The molecular weight excluding hydrogens is 276 g/mol. The fourth-order valence-electron chi connectivity index (χ4n) is 3.96. The number of likely N-dealkylation sites (tertiary alicyclic amines) is 1. The molecule has 0 N–H and O–H groups in total. The number of hydrogen-bond acceptors (Lipinski definition) is 4. The van der Waals surface area contributed by atoms with Gasteiger partial charge < -0.3 is 8.98 Å². The largest absolute Gasteiger partial charge is 0.445 e. The minimum Gasteiger partial charge on any atom is -0.445 e. The standard InChI is InChI=1S/C17H24N4O/c1-12-10-18-16(22-12)11-21-9-5-8-15(21)17-19-13-6-3-4-7-14(13)20(17)2/h10,15H,3-9,11H2,1-2H3/t15-/m0/s1. The maximum atomic E-state index is 5.66. The first-order valence-electron chi connectivity index (χ1n) is 8.42. The van der Waals surface area contributed by atoms with Crippen LogP contribution in [0.3, 0.4) is 0 Å². The SMILES string of the molecule is Cc1cnc(CN2CCC[C@H]2c2nc3c(n2C)CCCC3)o1. The van der Waals surface area contributed by atoms with Crippen molar-refractivity contribution in [2.45, 2.75) is 58.0 Å². The maximum absolute atomic E-state index is 5.66. The molecule has 1 atom stereocenters. The minimum atomic E-state index is 0.405. The second kappa shape index (κ2) is 5.54. The van der Waals surface area contributed by atoms with Gasteiger partial charge in [-0.3, -0.25) is 4.90 Å². The number of aryl methyl sites for hydroxylation is 2. The van der Waals surface area contributed by atoms with Gasteiger partial charge in [-0.15, -0.1) is 0 Å². The van der Waals surface area contributed by atoms with Crippen LogP contribution in [0.2, 0.25) is 0 Å². The van der Waals surface area contributed by atoms with E-state index >= 15 is 0 Å². The summed E-state index contributed by atoms with van der Waals surface area (Å²) in [5.74, 6) is 2.95. The van der Waals surface area contributed by atoms with E-state index in [0.717, 1.165) is 31.2 Å². The van der Waals surface area contributed by atoms with Crippen molar-refractivity contribution in [3.63, 3.8) is 0 Å². The molecule has 5 heteroatoms. The van der Waals surface area contributed by atoms with Crippen LogP contribution in [0.1, 0.15) is 60.6 Å². The van der Waals surface area contributed by atoms with Crippen LogP contribution in [-0.2, 0) is 26.4 Å². The third-order valence-corrected chi connectivity index (χ3v) is 5.08. The number of fused-ring (bicyclic) bond motifs is 1. The summed E-state index contributed by atoms with van der Waals surface area (Å²) in [6, 6.07) is 0.405. The van der Waals surface area contributed by atoms with E-state index in [1.54, 1.807) is 6.20 Å². The Bertz CT molecular complexity index is 672. The lowest BCUT2D eigenvalue weighted by Gasteiger charge is -2.23. The molecule has 0 radical (unpaired) electrons. The Morgan fingerprint density at radius 3 is 2.91 bits per heavy atom. The van der Waals surface area contributed by atoms with Gasteiger partial charge >= 0.3 is 0 Å². The Morgan fingerprint density at radius 2 is 2.14 bits per heavy atom. The number of oxazole rings is 1. The van der Waals surface area contributed by atoms with Crippen molar-refractivity contribution in [1.29, 1.82) is 0 Å². The van der Waals surface area contributed by atoms with Crippen molar-refractivity contribution in [3.05, 3.63) is 35.1 Å². The van der Waals surface area contributed by atoms with Crippen LogP contribution in [0.4, 0.5) is 0 Å². The van der Waals surface area contributed by atoms with E-state index in [4.69, 9.17) is 9.40 Å². The number of aromatic nitrogens is 3. The quantitative estimate of drug-likeness (QED) is 0.874. The fraction of sp³-hybridized carbons (Fsp3) is 0.647. The third kappa shape index (κ3) is 2.37. The van der Waals surface area contributed by atoms with Crippen molar-refractivity contribution in [2.75, 3.05) is 6.54 Å². The molecule has 0 aromatic carbocycles. The summed E-state index contributed by atoms with van der Waals surface area (Å²) in [7, 11) is 2.19. The highest BCUT2D eigenvalue weighted by molar-refractivity contribution is 5.22.